The van der Waals surface area contributed by atoms with Gasteiger partial charge in [0, 0.05) is 28.2 Å². The summed E-state index contributed by atoms with van der Waals surface area (Å²) in [6.07, 6.45) is 0.728. The minimum absolute atomic E-state index is 0.0575. The molecular weight excluding hydrogens is 291 g/mol. The van der Waals surface area contributed by atoms with E-state index >= 15 is 0 Å². The Morgan fingerprint density at radius 2 is 2.11 bits per heavy atom. The zero-order valence-corrected chi connectivity index (χ0v) is 12.0. The monoisotopic (exact) mass is 304 g/mol. The first-order chi connectivity index (χ1) is 8.65. The molecule has 1 heterocycles. The second kappa shape index (κ2) is 6.66. The molecule has 0 saturated carbocycles. The van der Waals surface area contributed by atoms with Gasteiger partial charge in [-0.3, -0.25) is 10.1 Å². The summed E-state index contributed by atoms with van der Waals surface area (Å²) >= 11 is 13.6. The second-order valence-corrected chi connectivity index (χ2v) is 5.99. The number of carbonyl (C=O) groups excluding carboxylic acids is 1. The highest BCUT2D eigenvalue weighted by Gasteiger charge is 2.21. The van der Waals surface area contributed by atoms with Crippen LogP contribution in [0.5, 0.6) is 0 Å². The van der Waals surface area contributed by atoms with Crippen molar-refractivity contribution in [2.24, 2.45) is 0 Å². The molecule has 1 aromatic rings. The molecule has 0 bridgehead atoms. The van der Waals surface area contributed by atoms with Crippen LogP contribution < -0.4 is 10.6 Å². The molecular formula is C12H14Cl2N2OS. The van der Waals surface area contributed by atoms with Gasteiger partial charge in [0.05, 0.1) is 6.04 Å². The largest absolute Gasteiger partial charge is 0.354 e. The average molecular weight is 305 g/mol. The van der Waals surface area contributed by atoms with Gasteiger partial charge in [-0.1, -0.05) is 23.2 Å². The van der Waals surface area contributed by atoms with E-state index in [9.17, 15) is 4.79 Å². The molecule has 0 unspecified atom stereocenters. The fourth-order valence-corrected chi connectivity index (χ4v) is 3.29. The standard InChI is InChI=1S/C12H14Cl2N2OS/c13-9-3-8(4-10(14)5-9)1-2-15-12(17)11-6-18-7-16-11/h3-5,11,16H,1-2,6-7H2,(H,15,17)/t11-/m1/s1. The fourth-order valence-electron chi connectivity index (χ4n) is 1.77. The SMILES string of the molecule is O=C(NCCc1cc(Cl)cc(Cl)c1)[C@H]1CSCN1. The molecule has 2 N–H and O–H groups in total. The molecule has 1 aliphatic heterocycles. The Morgan fingerprint density at radius 3 is 2.72 bits per heavy atom. The van der Waals surface area contributed by atoms with E-state index in [0.717, 1.165) is 23.6 Å². The molecule has 1 fully saturated rings. The summed E-state index contributed by atoms with van der Waals surface area (Å²) in [6, 6.07) is 5.37. The van der Waals surface area contributed by atoms with Gasteiger partial charge in [-0.15, -0.1) is 11.8 Å². The van der Waals surface area contributed by atoms with E-state index < -0.39 is 0 Å². The molecule has 0 aromatic heterocycles. The number of hydrogen-bond acceptors (Lipinski definition) is 3. The topological polar surface area (TPSA) is 41.1 Å². The molecule has 0 spiro atoms. The smallest absolute Gasteiger partial charge is 0.238 e. The first kappa shape index (κ1) is 14.0. The maximum atomic E-state index is 11.7. The van der Waals surface area contributed by atoms with Crippen LogP contribution in [-0.4, -0.2) is 30.1 Å². The molecule has 18 heavy (non-hydrogen) atoms. The van der Waals surface area contributed by atoms with E-state index in [-0.39, 0.29) is 11.9 Å². The average Bonchev–Trinajstić information content (AvgIpc) is 2.80. The Hall–Kier alpha value is -0.420. The number of nitrogens with one attached hydrogen (secondary N) is 2. The lowest BCUT2D eigenvalue weighted by molar-refractivity contribution is -0.122. The third-order valence-corrected chi connectivity index (χ3v) is 4.04. The molecule has 3 nitrogen and oxygen atoms in total. The van der Waals surface area contributed by atoms with Crippen LogP contribution in [0.3, 0.4) is 0 Å². The molecule has 1 atom stereocenters. The summed E-state index contributed by atoms with van der Waals surface area (Å²) in [7, 11) is 0. The van der Waals surface area contributed by atoms with Crippen molar-refractivity contribution >= 4 is 40.9 Å². The lowest BCUT2D eigenvalue weighted by Crippen LogP contribution is -2.42. The van der Waals surface area contributed by atoms with E-state index in [0.29, 0.717) is 16.6 Å². The Bertz CT molecular complexity index is 416. The van der Waals surface area contributed by atoms with Crippen LogP contribution in [0.2, 0.25) is 10.0 Å². The maximum absolute atomic E-state index is 11.7. The van der Waals surface area contributed by atoms with E-state index in [2.05, 4.69) is 10.6 Å². The van der Waals surface area contributed by atoms with Gasteiger partial charge in [0.1, 0.15) is 0 Å². The van der Waals surface area contributed by atoms with Crippen molar-refractivity contribution in [3.63, 3.8) is 0 Å². The van der Waals surface area contributed by atoms with Gasteiger partial charge in [0.2, 0.25) is 5.91 Å². The van der Waals surface area contributed by atoms with Crippen LogP contribution in [0.4, 0.5) is 0 Å². The number of halogens is 2. The number of rotatable bonds is 4. The van der Waals surface area contributed by atoms with Crippen molar-refractivity contribution in [2.75, 3.05) is 18.2 Å². The molecule has 1 aliphatic rings. The Morgan fingerprint density at radius 1 is 1.39 bits per heavy atom. The number of amides is 1. The van der Waals surface area contributed by atoms with E-state index in [1.54, 1.807) is 17.8 Å². The number of benzene rings is 1. The number of carbonyl (C=O) groups is 1. The molecule has 0 radical (unpaired) electrons. The summed E-state index contributed by atoms with van der Waals surface area (Å²) < 4.78 is 0. The summed E-state index contributed by atoms with van der Waals surface area (Å²) in [5, 5.41) is 7.29. The van der Waals surface area contributed by atoms with Crippen molar-refractivity contribution in [2.45, 2.75) is 12.5 Å². The van der Waals surface area contributed by atoms with Gasteiger partial charge in [-0.25, -0.2) is 0 Å². The van der Waals surface area contributed by atoms with Crippen LogP contribution in [0.25, 0.3) is 0 Å². The highest BCUT2D eigenvalue weighted by atomic mass is 35.5. The fraction of sp³-hybridized carbons (Fsp3) is 0.417. The van der Waals surface area contributed by atoms with Crippen molar-refractivity contribution in [1.82, 2.24) is 10.6 Å². The quantitative estimate of drug-likeness (QED) is 0.897. The number of thioether (sulfide) groups is 1. The highest BCUT2D eigenvalue weighted by molar-refractivity contribution is 7.99. The van der Waals surface area contributed by atoms with Crippen molar-refractivity contribution in [3.8, 4) is 0 Å². The van der Waals surface area contributed by atoms with Crippen LogP contribution >= 0.6 is 35.0 Å². The van der Waals surface area contributed by atoms with Gasteiger partial charge in [-0.05, 0) is 30.2 Å². The lowest BCUT2D eigenvalue weighted by atomic mass is 10.1. The van der Waals surface area contributed by atoms with Crippen molar-refractivity contribution in [3.05, 3.63) is 33.8 Å². The van der Waals surface area contributed by atoms with Crippen LogP contribution in [0.15, 0.2) is 18.2 Å². The second-order valence-electron chi connectivity index (χ2n) is 4.09. The van der Waals surface area contributed by atoms with Gasteiger partial charge in [-0.2, -0.15) is 0 Å². The zero-order valence-electron chi connectivity index (χ0n) is 9.71. The third kappa shape index (κ3) is 4.05. The third-order valence-electron chi connectivity index (χ3n) is 2.67. The van der Waals surface area contributed by atoms with Gasteiger partial charge >= 0.3 is 0 Å². The summed E-state index contributed by atoms with van der Waals surface area (Å²) in [5.41, 5.74) is 1.03. The predicted molar refractivity (Wildman–Crippen MR) is 77.4 cm³/mol. The molecule has 98 valence electrons. The Kier molecular flexibility index (Phi) is 5.18. The highest BCUT2D eigenvalue weighted by Crippen LogP contribution is 2.19. The molecule has 0 aliphatic carbocycles. The van der Waals surface area contributed by atoms with Crippen molar-refractivity contribution < 1.29 is 4.79 Å². The normalized spacial score (nSPS) is 18.9. The molecule has 6 heteroatoms. The van der Waals surface area contributed by atoms with Gasteiger partial charge in [0.25, 0.3) is 0 Å². The molecule has 1 aromatic carbocycles. The summed E-state index contributed by atoms with van der Waals surface area (Å²) in [6.45, 7) is 0.596. The molecule has 1 amide bonds. The first-order valence-electron chi connectivity index (χ1n) is 5.69. The van der Waals surface area contributed by atoms with Crippen LogP contribution in [0.1, 0.15) is 5.56 Å². The summed E-state index contributed by atoms with van der Waals surface area (Å²) in [5.74, 6) is 1.75. The molecule has 1 saturated heterocycles. The maximum Gasteiger partial charge on any atom is 0.238 e. The molecule has 2 rings (SSSR count). The van der Waals surface area contributed by atoms with Crippen LogP contribution in [0, 0.1) is 0 Å². The van der Waals surface area contributed by atoms with Gasteiger partial charge in [0.15, 0.2) is 0 Å². The minimum Gasteiger partial charge on any atom is -0.354 e. The Balaban J connectivity index is 1.79. The van der Waals surface area contributed by atoms with Crippen LogP contribution in [-0.2, 0) is 11.2 Å². The Labute approximate surface area is 121 Å². The first-order valence-corrected chi connectivity index (χ1v) is 7.60. The van der Waals surface area contributed by atoms with E-state index in [1.807, 2.05) is 12.1 Å². The van der Waals surface area contributed by atoms with Crippen molar-refractivity contribution in [1.29, 1.82) is 0 Å². The number of hydrogen-bond donors (Lipinski definition) is 2. The minimum atomic E-state index is -0.0575. The zero-order chi connectivity index (χ0) is 13.0. The van der Waals surface area contributed by atoms with E-state index in [4.69, 9.17) is 23.2 Å². The van der Waals surface area contributed by atoms with Gasteiger partial charge < -0.3 is 5.32 Å². The predicted octanol–water partition coefficient (Wildman–Crippen LogP) is 2.31. The summed E-state index contributed by atoms with van der Waals surface area (Å²) in [4.78, 5) is 11.7. The lowest BCUT2D eigenvalue weighted by Gasteiger charge is -2.10. The van der Waals surface area contributed by atoms with E-state index in [1.165, 1.54) is 0 Å².